The summed E-state index contributed by atoms with van der Waals surface area (Å²) < 4.78 is 7.11. The van der Waals surface area contributed by atoms with Gasteiger partial charge in [-0.2, -0.15) is 5.10 Å². The van der Waals surface area contributed by atoms with E-state index in [1.165, 1.54) is 38.6 Å². The Morgan fingerprint density at radius 2 is 2.04 bits per heavy atom. The van der Waals surface area contributed by atoms with E-state index in [1.807, 2.05) is 17.9 Å². The molecule has 0 radical (unpaired) electrons. The molecule has 0 bridgehead atoms. The van der Waals surface area contributed by atoms with Crippen molar-refractivity contribution in [3.8, 4) is 0 Å². The lowest BCUT2D eigenvalue weighted by atomic mass is 10.1. The third-order valence-electron chi connectivity index (χ3n) is 6.18. The van der Waals surface area contributed by atoms with Crippen LogP contribution in [0.5, 0.6) is 0 Å². The van der Waals surface area contributed by atoms with Gasteiger partial charge in [0.05, 0.1) is 18.2 Å². The molecule has 1 saturated heterocycles. The molecule has 1 saturated carbocycles. The Balaban J connectivity index is 1.53. The van der Waals surface area contributed by atoms with Crippen molar-refractivity contribution in [2.75, 3.05) is 51.8 Å². The molecule has 1 aliphatic heterocycles. The Bertz CT molecular complexity index is 769. The summed E-state index contributed by atoms with van der Waals surface area (Å²) in [6.07, 6.45) is 8.17. The molecule has 27 heavy (non-hydrogen) atoms. The molecule has 2 aromatic rings. The minimum absolute atomic E-state index is 0.507. The predicted molar refractivity (Wildman–Crippen MR) is 107 cm³/mol. The predicted octanol–water partition coefficient (Wildman–Crippen LogP) is 2.43. The maximum atomic E-state index is 5.22. The first kappa shape index (κ1) is 18.6. The van der Waals surface area contributed by atoms with Gasteiger partial charge in [-0.15, -0.1) is 0 Å². The van der Waals surface area contributed by atoms with Crippen LogP contribution in [0.25, 0.3) is 11.0 Å². The third kappa shape index (κ3) is 3.94. The summed E-state index contributed by atoms with van der Waals surface area (Å²) in [5.41, 5.74) is 0.960. The highest BCUT2D eigenvalue weighted by atomic mass is 16.5. The van der Waals surface area contributed by atoms with Gasteiger partial charge in [0, 0.05) is 46.8 Å². The summed E-state index contributed by atoms with van der Waals surface area (Å²) in [5.74, 6) is 3.24. The fourth-order valence-corrected chi connectivity index (χ4v) is 4.64. The highest BCUT2D eigenvalue weighted by Gasteiger charge is 2.26. The molecule has 1 aliphatic carbocycles. The molecular formula is C20H32N6O. The lowest BCUT2D eigenvalue weighted by Crippen LogP contribution is -2.30. The van der Waals surface area contributed by atoms with Crippen LogP contribution in [0.1, 0.15) is 43.8 Å². The maximum Gasteiger partial charge on any atom is 0.163 e. The molecule has 4 rings (SSSR count). The fourth-order valence-electron chi connectivity index (χ4n) is 4.64. The maximum absolute atomic E-state index is 5.22. The van der Waals surface area contributed by atoms with Gasteiger partial charge in [-0.3, -0.25) is 4.68 Å². The van der Waals surface area contributed by atoms with Crippen molar-refractivity contribution < 1.29 is 4.74 Å². The number of fused-ring (bicyclic) bond motifs is 1. The Morgan fingerprint density at radius 1 is 1.22 bits per heavy atom. The van der Waals surface area contributed by atoms with Crippen LogP contribution >= 0.6 is 0 Å². The molecule has 148 valence electrons. The van der Waals surface area contributed by atoms with Crippen LogP contribution < -0.4 is 4.90 Å². The largest absolute Gasteiger partial charge is 0.383 e. The van der Waals surface area contributed by atoms with Crippen molar-refractivity contribution in [2.45, 2.75) is 38.0 Å². The molecule has 1 atom stereocenters. The number of rotatable bonds is 7. The summed E-state index contributed by atoms with van der Waals surface area (Å²) in [6.45, 7) is 5.18. The molecule has 7 nitrogen and oxygen atoms in total. The zero-order valence-electron chi connectivity index (χ0n) is 16.9. The number of ether oxygens (including phenoxy) is 1. The standard InChI is InChI=1S/C20H32N6O/c1-24(13-15-8-9-26(14-15)10-11-27-3)19-17-12-21-25(2)20(17)23-18(22-19)16-6-4-5-7-16/h12,15-16H,4-11,13-14H2,1-3H3/t15-/m1/s1. The first-order chi connectivity index (χ1) is 13.2. The number of methoxy groups -OCH3 is 1. The van der Waals surface area contributed by atoms with Crippen molar-refractivity contribution in [1.82, 2.24) is 24.6 Å². The zero-order chi connectivity index (χ0) is 18.8. The Morgan fingerprint density at radius 3 is 2.81 bits per heavy atom. The van der Waals surface area contributed by atoms with Crippen molar-refractivity contribution in [2.24, 2.45) is 13.0 Å². The average molecular weight is 373 g/mol. The molecular weight excluding hydrogens is 340 g/mol. The van der Waals surface area contributed by atoms with Crippen LogP contribution in [0.15, 0.2) is 6.20 Å². The van der Waals surface area contributed by atoms with Gasteiger partial charge in [-0.1, -0.05) is 12.8 Å². The van der Waals surface area contributed by atoms with Crippen molar-refractivity contribution >= 4 is 16.9 Å². The molecule has 2 aliphatic rings. The number of anilines is 1. The van der Waals surface area contributed by atoms with Crippen LogP contribution in [0.3, 0.4) is 0 Å². The number of aryl methyl sites for hydroxylation is 1. The molecule has 0 N–H and O–H groups in total. The van der Waals surface area contributed by atoms with Crippen molar-refractivity contribution in [3.63, 3.8) is 0 Å². The number of likely N-dealkylation sites (tertiary alicyclic amines) is 1. The quantitative estimate of drug-likeness (QED) is 0.744. The second-order valence-corrected chi connectivity index (χ2v) is 8.22. The van der Waals surface area contributed by atoms with E-state index >= 15 is 0 Å². The summed E-state index contributed by atoms with van der Waals surface area (Å²) in [5, 5.41) is 5.52. The summed E-state index contributed by atoms with van der Waals surface area (Å²) in [6, 6.07) is 0. The van der Waals surface area contributed by atoms with Gasteiger partial charge >= 0.3 is 0 Å². The van der Waals surface area contributed by atoms with Crippen molar-refractivity contribution in [1.29, 1.82) is 0 Å². The summed E-state index contributed by atoms with van der Waals surface area (Å²) >= 11 is 0. The van der Waals surface area contributed by atoms with E-state index in [9.17, 15) is 0 Å². The zero-order valence-corrected chi connectivity index (χ0v) is 16.9. The molecule has 2 aromatic heterocycles. The van der Waals surface area contributed by atoms with E-state index in [-0.39, 0.29) is 0 Å². The molecule has 0 unspecified atom stereocenters. The summed E-state index contributed by atoms with van der Waals surface area (Å²) in [7, 11) is 5.92. The molecule has 3 heterocycles. The highest BCUT2D eigenvalue weighted by Crippen LogP contribution is 2.35. The van der Waals surface area contributed by atoms with Crippen LogP contribution in [-0.2, 0) is 11.8 Å². The van der Waals surface area contributed by atoms with Gasteiger partial charge in [0.2, 0.25) is 0 Å². The Hall–Kier alpha value is -1.73. The van der Waals surface area contributed by atoms with Crippen LogP contribution in [0.4, 0.5) is 5.82 Å². The topological polar surface area (TPSA) is 59.3 Å². The smallest absolute Gasteiger partial charge is 0.163 e. The molecule has 7 heteroatoms. The molecule has 0 aromatic carbocycles. The van der Waals surface area contributed by atoms with Crippen molar-refractivity contribution in [3.05, 3.63) is 12.0 Å². The van der Waals surface area contributed by atoms with Gasteiger partial charge in [-0.05, 0) is 31.7 Å². The number of nitrogens with zero attached hydrogens (tertiary/aromatic N) is 6. The van der Waals surface area contributed by atoms with E-state index in [0.29, 0.717) is 11.8 Å². The number of hydrogen-bond donors (Lipinski definition) is 0. The van der Waals surface area contributed by atoms with Crippen LogP contribution in [-0.4, -0.2) is 71.6 Å². The van der Waals surface area contributed by atoms with E-state index in [0.717, 1.165) is 48.9 Å². The van der Waals surface area contributed by atoms with Gasteiger partial charge in [0.25, 0.3) is 0 Å². The minimum Gasteiger partial charge on any atom is -0.383 e. The van der Waals surface area contributed by atoms with E-state index < -0.39 is 0 Å². The normalized spacial score (nSPS) is 21.5. The molecule has 0 spiro atoms. The second-order valence-electron chi connectivity index (χ2n) is 8.22. The lowest BCUT2D eigenvalue weighted by Gasteiger charge is -2.24. The molecule has 2 fully saturated rings. The minimum atomic E-state index is 0.507. The fraction of sp³-hybridized carbons (Fsp3) is 0.750. The first-order valence-electron chi connectivity index (χ1n) is 10.3. The van der Waals surface area contributed by atoms with E-state index in [2.05, 4.69) is 21.9 Å². The first-order valence-corrected chi connectivity index (χ1v) is 10.3. The SMILES string of the molecule is COCCN1CC[C@H](CN(C)c2nc(C3CCCC3)nc3c2cnn3C)C1. The monoisotopic (exact) mass is 372 g/mol. The van der Waals surface area contributed by atoms with Gasteiger partial charge < -0.3 is 14.5 Å². The van der Waals surface area contributed by atoms with E-state index in [4.69, 9.17) is 14.7 Å². The van der Waals surface area contributed by atoms with Gasteiger partial charge in [0.15, 0.2) is 5.65 Å². The van der Waals surface area contributed by atoms with Crippen LogP contribution in [0, 0.1) is 5.92 Å². The average Bonchev–Trinajstić information content (AvgIpc) is 3.41. The number of hydrogen-bond acceptors (Lipinski definition) is 6. The van der Waals surface area contributed by atoms with Gasteiger partial charge in [-0.25, -0.2) is 9.97 Å². The Kier molecular flexibility index (Phi) is 5.59. The lowest BCUT2D eigenvalue weighted by molar-refractivity contribution is 0.159. The molecule has 0 amide bonds. The summed E-state index contributed by atoms with van der Waals surface area (Å²) in [4.78, 5) is 14.7. The highest BCUT2D eigenvalue weighted by molar-refractivity contribution is 5.86. The van der Waals surface area contributed by atoms with Crippen LogP contribution in [0.2, 0.25) is 0 Å². The third-order valence-corrected chi connectivity index (χ3v) is 6.18. The van der Waals surface area contributed by atoms with Gasteiger partial charge in [0.1, 0.15) is 11.6 Å². The second kappa shape index (κ2) is 8.10. The van der Waals surface area contributed by atoms with E-state index in [1.54, 1.807) is 7.11 Å². The Labute approximate surface area is 161 Å². The number of aromatic nitrogens is 4.